The minimum atomic E-state index is -1.21. The number of rotatable bonds is 6. The summed E-state index contributed by atoms with van der Waals surface area (Å²) < 4.78 is 0. The zero-order valence-corrected chi connectivity index (χ0v) is 7.89. The van der Waals surface area contributed by atoms with Crippen molar-refractivity contribution in [3.8, 4) is 0 Å². The maximum Gasteiger partial charge on any atom is 0.323 e. The van der Waals surface area contributed by atoms with E-state index >= 15 is 0 Å². The molecule has 0 bridgehead atoms. The number of nitrogens with zero attached hydrogens (tertiary/aromatic N) is 1. The van der Waals surface area contributed by atoms with Gasteiger partial charge in [-0.25, -0.2) is 0 Å². The normalized spacial score (nSPS) is 9.50. The molecule has 0 radical (unpaired) electrons. The fourth-order valence-corrected chi connectivity index (χ4v) is 0.931. The van der Waals surface area contributed by atoms with Crippen LogP contribution in [0.25, 0.3) is 0 Å². The minimum absolute atomic E-state index is 0.167. The summed E-state index contributed by atoms with van der Waals surface area (Å²) in [5, 5.41) is 16.9. The lowest BCUT2D eigenvalue weighted by Gasteiger charge is -2.17. The van der Waals surface area contributed by atoms with Crippen LogP contribution in [0.1, 0.15) is 19.8 Å². The Hall–Kier alpha value is -1.59. The summed E-state index contributed by atoms with van der Waals surface area (Å²) in [6.45, 7) is 0.633. The number of hydrogen-bond acceptors (Lipinski definition) is 3. The topological polar surface area (TPSA) is 94.9 Å². The van der Waals surface area contributed by atoms with Gasteiger partial charge < -0.3 is 15.1 Å². The Bertz CT molecular complexity index is 222. The molecule has 0 atom stereocenters. The van der Waals surface area contributed by atoms with Crippen molar-refractivity contribution >= 4 is 17.8 Å². The maximum atomic E-state index is 11.2. The molecule has 6 nitrogen and oxygen atoms in total. The van der Waals surface area contributed by atoms with E-state index < -0.39 is 30.9 Å². The largest absolute Gasteiger partial charge is 0.480 e. The predicted octanol–water partition coefficient (Wildman–Crippen LogP) is -0.216. The lowest BCUT2D eigenvalue weighted by molar-refractivity contribution is -0.149. The molecule has 0 aliphatic heterocycles. The van der Waals surface area contributed by atoms with E-state index in [2.05, 4.69) is 0 Å². The fourth-order valence-electron chi connectivity index (χ4n) is 0.931. The molecule has 0 spiro atoms. The Morgan fingerprint density at radius 3 is 1.79 bits per heavy atom. The number of carboxylic acids is 2. The molecule has 80 valence electrons. The Morgan fingerprint density at radius 2 is 1.50 bits per heavy atom. The van der Waals surface area contributed by atoms with Gasteiger partial charge in [-0.05, 0) is 6.42 Å². The van der Waals surface area contributed by atoms with Crippen LogP contribution in [0.2, 0.25) is 0 Å². The van der Waals surface area contributed by atoms with Crippen LogP contribution in [0.4, 0.5) is 0 Å². The van der Waals surface area contributed by atoms with Gasteiger partial charge in [0, 0.05) is 6.42 Å². The molecule has 0 aliphatic rings. The Kier molecular flexibility index (Phi) is 5.28. The molecule has 0 aromatic heterocycles. The van der Waals surface area contributed by atoms with Crippen molar-refractivity contribution in [3.05, 3.63) is 0 Å². The van der Waals surface area contributed by atoms with E-state index in [1.54, 1.807) is 6.92 Å². The standard InChI is InChI=1S/C8H13NO5/c1-2-3-6(10)9(4-7(11)12)5-8(13)14/h2-5H2,1H3,(H,11,12)(H,13,14). The SMILES string of the molecule is CCCC(=O)N(CC(=O)O)CC(=O)O. The van der Waals surface area contributed by atoms with Gasteiger partial charge >= 0.3 is 11.9 Å². The highest BCUT2D eigenvalue weighted by molar-refractivity contribution is 5.84. The van der Waals surface area contributed by atoms with E-state index in [0.29, 0.717) is 6.42 Å². The van der Waals surface area contributed by atoms with Gasteiger partial charge in [0.2, 0.25) is 5.91 Å². The molecule has 6 heteroatoms. The van der Waals surface area contributed by atoms with E-state index in [-0.39, 0.29) is 6.42 Å². The molecular weight excluding hydrogens is 190 g/mol. The molecule has 0 saturated carbocycles. The third-order valence-electron chi connectivity index (χ3n) is 1.47. The Morgan fingerprint density at radius 1 is 1.07 bits per heavy atom. The molecule has 0 unspecified atom stereocenters. The molecule has 0 aromatic carbocycles. The van der Waals surface area contributed by atoms with E-state index in [0.717, 1.165) is 4.90 Å². The van der Waals surface area contributed by atoms with Crippen LogP contribution < -0.4 is 0 Å². The summed E-state index contributed by atoms with van der Waals surface area (Å²) >= 11 is 0. The second-order valence-corrected chi connectivity index (χ2v) is 2.79. The molecule has 1 amide bonds. The first-order valence-corrected chi connectivity index (χ1v) is 4.18. The van der Waals surface area contributed by atoms with Crippen molar-refractivity contribution in [2.45, 2.75) is 19.8 Å². The molecule has 0 aliphatic carbocycles. The average Bonchev–Trinajstić information content (AvgIpc) is 2.01. The van der Waals surface area contributed by atoms with Gasteiger partial charge in [0.25, 0.3) is 0 Å². The van der Waals surface area contributed by atoms with Gasteiger partial charge in [-0.15, -0.1) is 0 Å². The zero-order chi connectivity index (χ0) is 11.1. The first-order valence-electron chi connectivity index (χ1n) is 4.18. The monoisotopic (exact) mass is 203 g/mol. The smallest absolute Gasteiger partial charge is 0.323 e. The van der Waals surface area contributed by atoms with Gasteiger partial charge in [-0.3, -0.25) is 14.4 Å². The van der Waals surface area contributed by atoms with Gasteiger partial charge in [0.15, 0.2) is 0 Å². The molecule has 0 heterocycles. The van der Waals surface area contributed by atoms with Crippen LogP contribution in [0.5, 0.6) is 0 Å². The lowest BCUT2D eigenvalue weighted by Crippen LogP contribution is -2.39. The van der Waals surface area contributed by atoms with Crippen molar-refractivity contribution in [1.82, 2.24) is 4.90 Å². The average molecular weight is 203 g/mol. The molecule has 0 saturated heterocycles. The Labute approximate surface area is 81.1 Å². The van der Waals surface area contributed by atoms with Crippen LogP contribution in [0, 0.1) is 0 Å². The van der Waals surface area contributed by atoms with E-state index in [4.69, 9.17) is 10.2 Å². The number of hydrogen-bond donors (Lipinski definition) is 2. The molecule has 0 rings (SSSR count). The van der Waals surface area contributed by atoms with Crippen molar-refractivity contribution in [3.63, 3.8) is 0 Å². The molecule has 0 aromatic rings. The highest BCUT2D eigenvalue weighted by Crippen LogP contribution is 1.97. The number of carboxylic acid groups (broad SMARTS) is 2. The predicted molar refractivity (Wildman–Crippen MR) is 46.8 cm³/mol. The summed E-state index contributed by atoms with van der Waals surface area (Å²) in [6, 6.07) is 0. The second-order valence-electron chi connectivity index (χ2n) is 2.79. The maximum absolute atomic E-state index is 11.2. The lowest BCUT2D eigenvalue weighted by atomic mass is 10.3. The molecular formula is C8H13NO5. The number of carbonyl (C=O) groups is 3. The summed E-state index contributed by atoms with van der Waals surface area (Å²) in [7, 11) is 0. The van der Waals surface area contributed by atoms with Gasteiger partial charge in [-0.1, -0.05) is 6.92 Å². The zero-order valence-electron chi connectivity index (χ0n) is 7.89. The summed E-state index contributed by atoms with van der Waals surface area (Å²) in [5.74, 6) is -2.87. The van der Waals surface area contributed by atoms with Gasteiger partial charge in [0.1, 0.15) is 13.1 Å². The third-order valence-corrected chi connectivity index (χ3v) is 1.47. The molecule has 14 heavy (non-hydrogen) atoms. The first kappa shape index (κ1) is 12.4. The van der Waals surface area contributed by atoms with Crippen molar-refractivity contribution in [1.29, 1.82) is 0 Å². The summed E-state index contributed by atoms with van der Waals surface area (Å²) in [4.78, 5) is 32.7. The van der Waals surface area contributed by atoms with Crippen molar-refractivity contribution < 1.29 is 24.6 Å². The summed E-state index contributed by atoms with van der Waals surface area (Å²) in [6.07, 6.45) is 0.731. The van der Waals surface area contributed by atoms with Crippen molar-refractivity contribution in [2.75, 3.05) is 13.1 Å². The van der Waals surface area contributed by atoms with E-state index in [9.17, 15) is 14.4 Å². The van der Waals surface area contributed by atoms with E-state index in [1.165, 1.54) is 0 Å². The highest BCUT2D eigenvalue weighted by atomic mass is 16.4. The van der Waals surface area contributed by atoms with Crippen molar-refractivity contribution in [2.24, 2.45) is 0 Å². The quantitative estimate of drug-likeness (QED) is 0.622. The van der Waals surface area contributed by atoms with Crippen LogP contribution in [0.15, 0.2) is 0 Å². The number of aliphatic carboxylic acids is 2. The second kappa shape index (κ2) is 5.95. The van der Waals surface area contributed by atoms with E-state index in [1.807, 2.05) is 0 Å². The van der Waals surface area contributed by atoms with Gasteiger partial charge in [0.05, 0.1) is 0 Å². The number of amides is 1. The molecule has 0 fully saturated rings. The van der Waals surface area contributed by atoms with Crippen LogP contribution in [-0.2, 0) is 14.4 Å². The van der Waals surface area contributed by atoms with Crippen LogP contribution in [0.3, 0.4) is 0 Å². The summed E-state index contributed by atoms with van der Waals surface area (Å²) in [5.41, 5.74) is 0. The van der Waals surface area contributed by atoms with Crippen LogP contribution in [-0.4, -0.2) is 46.0 Å². The Balaban J connectivity index is 4.29. The first-order chi connectivity index (χ1) is 6.47. The minimum Gasteiger partial charge on any atom is -0.480 e. The van der Waals surface area contributed by atoms with Gasteiger partial charge in [-0.2, -0.15) is 0 Å². The van der Waals surface area contributed by atoms with Crippen LogP contribution >= 0.6 is 0 Å². The fraction of sp³-hybridized carbons (Fsp3) is 0.625. The molecule has 2 N–H and O–H groups in total. The highest BCUT2D eigenvalue weighted by Gasteiger charge is 2.18. The number of carbonyl (C=O) groups excluding carboxylic acids is 1. The third kappa shape index (κ3) is 5.13.